The Morgan fingerprint density at radius 1 is 1.19 bits per heavy atom. The van der Waals surface area contributed by atoms with Crippen LogP contribution >= 0.6 is 0 Å². The Labute approximate surface area is 179 Å². The van der Waals surface area contributed by atoms with Crippen molar-refractivity contribution in [1.29, 1.82) is 0 Å². The molecule has 0 aliphatic carbocycles. The van der Waals surface area contributed by atoms with E-state index < -0.39 is 17.6 Å². The van der Waals surface area contributed by atoms with Gasteiger partial charge in [-0.2, -0.15) is 13.2 Å². The summed E-state index contributed by atoms with van der Waals surface area (Å²) in [5, 5.41) is 2.49. The first kappa shape index (κ1) is 22.9. The predicted octanol–water partition coefficient (Wildman–Crippen LogP) is 3.95. The predicted molar refractivity (Wildman–Crippen MR) is 112 cm³/mol. The molecule has 0 atom stereocenters. The molecule has 6 nitrogen and oxygen atoms in total. The van der Waals surface area contributed by atoms with Crippen LogP contribution < -0.4 is 15.8 Å². The Balaban J connectivity index is 1.64. The number of nitrogens with one attached hydrogen (secondary N) is 1. The van der Waals surface area contributed by atoms with E-state index in [0.717, 1.165) is 31.3 Å². The number of nitrogens with two attached hydrogens (primary N) is 1. The standard InChI is InChI=1S/C22H26F3N3O3/c1-15-3-4-16(13-19(15)26)21(29)27-17-5-6-20(18(14-17)22(23,24)25)31-10-2-7-28-8-11-30-12-9-28/h3-6,13-14H,2,7-12,26H2,1H3,(H,27,29). The second-order valence-corrected chi connectivity index (χ2v) is 7.39. The van der Waals surface area contributed by atoms with Crippen LogP contribution in [0, 0.1) is 6.92 Å². The largest absolute Gasteiger partial charge is 0.493 e. The molecule has 0 unspecified atom stereocenters. The van der Waals surface area contributed by atoms with Crippen molar-refractivity contribution in [1.82, 2.24) is 4.90 Å². The summed E-state index contributed by atoms with van der Waals surface area (Å²) in [5.74, 6) is -0.800. The lowest BCUT2D eigenvalue weighted by molar-refractivity contribution is -0.138. The summed E-state index contributed by atoms with van der Waals surface area (Å²) in [6.45, 7) is 5.66. The monoisotopic (exact) mass is 437 g/mol. The van der Waals surface area contributed by atoms with Crippen LogP contribution in [0.2, 0.25) is 0 Å². The maximum absolute atomic E-state index is 13.6. The van der Waals surface area contributed by atoms with E-state index >= 15 is 0 Å². The Morgan fingerprint density at radius 2 is 1.94 bits per heavy atom. The highest BCUT2D eigenvalue weighted by atomic mass is 19.4. The van der Waals surface area contributed by atoms with E-state index in [1.807, 2.05) is 0 Å². The molecule has 1 aliphatic rings. The van der Waals surface area contributed by atoms with Gasteiger partial charge in [0.05, 0.1) is 25.4 Å². The quantitative estimate of drug-likeness (QED) is 0.507. The maximum Gasteiger partial charge on any atom is 0.420 e. The van der Waals surface area contributed by atoms with Gasteiger partial charge in [-0.15, -0.1) is 0 Å². The Bertz CT molecular complexity index is 913. The van der Waals surface area contributed by atoms with Gasteiger partial charge in [-0.25, -0.2) is 0 Å². The van der Waals surface area contributed by atoms with E-state index in [1.165, 1.54) is 18.2 Å². The maximum atomic E-state index is 13.6. The second kappa shape index (κ2) is 10.0. The summed E-state index contributed by atoms with van der Waals surface area (Å²) >= 11 is 0. The van der Waals surface area contributed by atoms with Gasteiger partial charge in [0.25, 0.3) is 5.91 Å². The van der Waals surface area contributed by atoms with Crippen LogP contribution in [-0.2, 0) is 10.9 Å². The number of hydrogen-bond acceptors (Lipinski definition) is 5. The van der Waals surface area contributed by atoms with E-state index in [4.69, 9.17) is 15.2 Å². The minimum Gasteiger partial charge on any atom is -0.493 e. The number of benzene rings is 2. The van der Waals surface area contributed by atoms with Crippen LogP contribution in [0.15, 0.2) is 36.4 Å². The molecule has 0 spiro atoms. The number of halogens is 3. The molecule has 3 rings (SSSR count). The molecular weight excluding hydrogens is 411 g/mol. The second-order valence-electron chi connectivity index (χ2n) is 7.39. The third kappa shape index (κ3) is 6.35. The highest BCUT2D eigenvalue weighted by Gasteiger charge is 2.35. The zero-order valence-electron chi connectivity index (χ0n) is 17.3. The average molecular weight is 437 g/mol. The van der Waals surface area contributed by atoms with Crippen LogP contribution in [-0.4, -0.2) is 50.3 Å². The Kier molecular flexibility index (Phi) is 7.40. The third-order valence-corrected chi connectivity index (χ3v) is 5.06. The minimum atomic E-state index is -4.62. The number of hydrogen-bond donors (Lipinski definition) is 2. The average Bonchev–Trinajstić information content (AvgIpc) is 2.74. The third-order valence-electron chi connectivity index (χ3n) is 5.06. The van der Waals surface area contributed by atoms with Gasteiger partial charge in [-0.05, 0) is 49.2 Å². The molecule has 1 aliphatic heterocycles. The number of ether oxygens (including phenoxy) is 2. The van der Waals surface area contributed by atoms with Crippen LogP contribution in [0.1, 0.15) is 27.9 Å². The first-order valence-corrected chi connectivity index (χ1v) is 10.1. The van der Waals surface area contributed by atoms with Crippen molar-refractivity contribution in [2.75, 3.05) is 50.5 Å². The normalized spacial score (nSPS) is 15.0. The number of nitrogens with zero attached hydrogens (tertiary/aromatic N) is 1. The van der Waals surface area contributed by atoms with E-state index in [-0.39, 0.29) is 23.6 Å². The smallest absolute Gasteiger partial charge is 0.420 e. The fraction of sp³-hybridized carbons (Fsp3) is 0.409. The molecule has 1 saturated heterocycles. The van der Waals surface area contributed by atoms with Crippen LogP contribution in [0.5, 0.6) is 5.75 Å². The fourth-order valence-electron chi connectivity index (χ4n) is 3.24. The Morgan fingerprint density at radius 3 is 2.61 bits per heavy atom. The van der Waals surface area contributed by atoms with Crippen molar-refractivity contribution in [3.05, 3.63) is 53.1 Å². The molecule has 31 heavy (non-hydrogen) atoms. The summed E-state index contributed by atoms with van der Waals surface area (Å²) in [4.78, 5) is 14.6. The summed E-state index contributed by atoms with van der Waals surface area (Å²) in [7, 11) is 0. The molecule has 2 aromatic rings. The van der Waals surface area contributed by atoms with E-state index in [0.29, 0.717) is 25.3 Å². The SMILES string of the molecule is Cc1ccc(C(=O)Nc2ccc(OCCCN3CCOCC3)c(C(F)(F)F)c2)cc1N. The van der Waals surface area contributed by atoms with Gasteiger partial charge in [0.15, 0.2) is 0 Å². The molecule has 0 aromatic heterocycles. The molecule has 0 bridgehead atoms. The molecule has 1 fully saturated rings. The van der Waals surface area contributed by atoms with Crippen molar-refractivity contribution < 1.29 is 27.4 Å². The zero-order chi connectivity index (χ0) is 22.4. The number of morpholine rings is 1. The fourth-order valence-corrected chi connectivity index (χ4v) is 3.24. The van der Waals surface area contributed by atoms with Crippen molar-refractivity contribution >= 4 is 17.3 Å². The molecular formula is C22H26F3N3O3. The number of carbonyl (C=O) groups is 1. The van der Waals surface area contributed by atoms with Gasteiger partial charge in [-0.1, -0.05) is 6.07 Å². The van der Waals surface area contributed by atoms with E-state index in [2.05, 4.69) is 10.2 Å². The number of anilines is 2. The number of rotatable bonds is 7. The molecule has 1 amide bonds. The van der Waals surface area contributed by atoms with E-state index in [1.54, 1.807) is 19.1 Å². The lowest BCUT2D eigenvalue weighted by Crippen LogP contribution is -2.37. The van der Waals surface area contributed by atoms with Gasteiger partial charge in [0, 0.05) is 36.6 Å². The number of nitrogen functional groups attached to an aromatic ring is 1. The molecule has 168 valence electrons. The summed E-state index contributed by atoms with van der Waals surface area (Å²) in [5.41, 5.74) is 6.41. The number of alkyl halides is 3. The van der Waals surface area contributed by atoms with Gasteiger partial charge < -0.3 is 20.5 Å². The van der Waals surface area contributed by atoms with Gasteiger partial charge in [0.1, 0.15) is 5.75 Å². The number of carbonyl (C=O) groups excluding carboxylic acids is 1. The van der Waals surface area contributed by atoms with Crippen molar-refractivity contribution in [3.8, 4) is 5.75 Å². The van der Waals surface area contributed by atoms with Gasteiger partial charge in [0.2, 0.25) is 0 Å². The molecule has 2 aromatic carbocycles. The van der Waals surface area contributed by atoms with E-state index in [9.17, 15) is 18.0 Å². The van der Waals surface area contributed by atoms with Crippen LogP contribution in [0.3, 0.4) is 0 Å². The first-order valence-electron chi connectivity index (χ1n) is 10.1. The lowest BCUT2D eigenvalue weighted by Gasteiger charge is -2.26. The molecule has 0 saturated carbocycles. The highest BCUT2D eigenvalue weighted by Crippen LogP contribution is 2.38. The summed E-state index contributed by atoms with van der Waals surface area (Å²) < 4.78 is 51.4. The first-order chi connectivity index (χ1) is 14.7. The summed E-state index contributed by atoms with van der Waals surface area (Å²) in [6, 6.07) is 8.24. The van der Waals surface area contributed by atoms with Crippen molar-refractivity contribution in [2.45, 2.75) is 19.5 Å². The van der Waals surface area contributed by atoms with Gasteiger partial charge in [-0.3, -0.25) is 9.69 Å². The summed E-state index contributed by atoms with van der Waals surface area (Å²) in [6.07, 6.45) is -4.01. The number of amides is 1. The van der Waals surface area contributed by atoms with Crippen LogP contribution in [0.25, 0.3) is 0 Å². The molecule has 3 N–H and O–H groups in total. The Hall–Kier alpha value is -2.78. The molecule has 0 radical (unpaired) electrons. The number of aryl methyl sites for hydroxylation is 1. The van der Waals surface area contributed by atoms with Gasteiger partial charge >= 0.3 is 6.18 Å². The zero-order valence-corrected chi connectivity index (χ0v) is 17.3. The van der Waals surface area contributed by atoms with Crippen molar-refractivity contribution in [2.24, 2.45) is 0 Å². The highest BCUT2D eigenvalue weighted by molar-refractivity contribution is 6.05. The van der Waals surface area contributed by atoms with Crippen molar-refractivity contribution in [3.63, 3.8) is 0 Å². The topological polar surface area (TPSA) is 76.8 Å². The van der Waals surface area contributed by atoms with Crippen LogP contribution in [0.4, 0.5) is 24.5 Å². The minimum absolute atomic E-state index is 0.0251. The lowest BCUT2D eigenvalue weighted by atomic mass is 10.1. The molecule has 9 heteroatoms. The molecule has 1 heterocycles.